The Labute approximate surface area is 159 Å². The zero-order valence-corrected chi connectivity index (χ0v) is 17.6. The summed E-state index contributed by atoms with van der Waals surface area (Å²) in [7, 11) is 3.68. The van der Waals surface area contributed by atoms with E-state index in [1.165, 1.54) is 32.4 Å². The van der Waals surface area contributed by atoms with Gasteiger partial charge in [-0.15, -0.1) is 24.0 Å². The molecule has 136 valence electrons. The van der Waals surface area contributed by atoms with Crippen molar-refractivity contribution in [3.05, 3.63) is 0 Å². The Kier molecular flexibility index (Phi) is 9.77. The Morgan fingerprint density at radius 1 is 1.26 bits per heavy atom. The summed E-state index contributed by atoms with van der Waals surface area (Å²) in [5.74, 6) is 2.59. The van der Waals surface area contributed by atoms with Crippen LogP contribution >= 0.6 is 24.0 Å². The highest BCUT2D eigenvalue weighted by atomic mass is 127. The van der Waals surface area contributed by atoms with Crippen LogP contribution in [0.25, 0.3) is 0 Å². The van der Waals surface area contributed by atoms with Crippen LogP contribution in [0.3, 0.4) is 0 Å². The molecule has 0 aliphatic carbocycles. The van der Waals surface area contributed by atoms with Crippen molar-refractivity contribution >= 4 is 29.9 Å². The molecule has 2 atom stereocenters. The van der Waals surface area contributed by atoms with Crippen LogP contribution in [0, 0.1) is 11.8 Å². The maximum absolute atomic E-state index is 5.28. The van der Waals surface area contributed by atoms with Gasteiger partial charge in [-0.05, 0) is 45.2 Å². The van der Waals surface area contributed by atoms with E-state index in [4.69, 9.17) is 4.74 Å². The van der Waals surface area contributed by atoms with E-state index in [0.717, 1.165) is 38.1 Å². The van der Waals surface area contributed by atoms with Gasteiger partial charge in [-0.25, -0.2) is 0 Å². The molecule has 0 spiro atoms. The molecule has 2 aliphatic rings. The molecule has 23 heavy (non-hydrogen) atoms. The molecule has 2 heterocycles. The number of guanidine groups is 1. The molecule has 0 aromatic heterocycles. The van der Waals surface area contributed by atoms with Crippen LogP contribution in [0.2, 0.25) is 0 Å². The predicted octanol–water partition coefficient (Wildman–Crippen LogP) is 2.27. The molecule has 0 aromatic carbocycles. The fraction of sp³-hybridized carbons (Fsp3) is 0.941. The lowest BCUT2D eigenvalue weighted by Crippen LogP contribution is -2.48. The summed E-state index contributed by atoms with van der Waals surface area (Å²) in [5, 5.41) is 3.58. The number of halogens is 1. The number of aliphatic imine (C=N–C) groups is 1. The predicted molar refractivity (Wildman–Crippen MR) is 108 cm³/mol. The fourth-order valence-electron chi connectivity index (χ4n) is 3.57. The van der Waals surface area contributed by atoms with Crippen LogP contribution in [0.4, 0.5) is 0 Å². The molecule has 6 heteroatoms. The lowest BCUT2D eigenvalue weighted by Gasteiger charge is -2.35. The van der Waals surface area contributed by atoms with Crippen LogP contribution in [-0.4, -0.2) is 75.3 Å². The van der Waals surface area contributed by atoms with Gasteiger partial charge in [-0.1, -0.05) is 6.92 Å². The number of piperidine rings is 1. The third-order valence-corrected chi connectivity index (χ3v) is 5.20. The highest BCUT2D eigenvalue weighted by Crippen LogP contribution is 2.18. The molecule has 0 amide bonds. The molecule has 2 unspecified atom stereocenters. The lowest BCUT2D eigenvalue weighted by atomic mass is 9.98. The van der Waals surface area contributed by atoms with Gasteiger partial charge in [0.2, 0.25) is 0 Å². The first-order chi connectivity index (χ1) is 10.6. The van der Waals surface area contributed by atoms with Crippen molar-refractivity contribution in [3.63, 3.8) is 0 Å². The smallest absolute Gasteiger partial charge is 0.193 e. The molecular formula is C17H35IN4O. The van der Waals surface area contributed by atoms with Gasteiger partial charge in [0.15, 0.2) is 5.96 Å². The van der Waals surface area contributed by atoms with Gasteiger partial charge in [0.05, 0.1) is 6.61 Å². The number of hydrogen-bond acceptors (Lipinski definition) is 3. The van der Waals surface area contributed by atoms with Crippen LogP contribution < -0.4 is 5.32 Å². The van der Waals surface area contributed by atoms with Gasteiger partial charge < -0.3 is 15.0 Å². The Bertz CT molecular complexity index is 359. The fourth-order valence-corrected chi connectivity index (χ4v) is 3.57. The second-order valence-electron chi connectivity index (χ2n) is 7.05. The van der Waals surface area contributed by atoms with Crippen LogP contribution in [0.15, 0.2) is 4.99 Å². The zero-order valence-electron chi connectivity index (χ0n) is 15.3. The maximum atomic E-state index is 5.28. The molecule has 0 aromatic rings. The Hall–Kier alpha value is -0.0800. The number of ether oxygens (including phenoxy) is 1. The minimum atomic E-state index is 0. The van der Waals surface area contributed by atoms with Gasteiger partial charge >= 0.3 is 0 Å². The maximum Gasteiger partial charge on any atom is 0.193 e. The van der Waals surface area contributed by atoms with E-state index in [9.17, 15) is 0 Å². The summed E-state index contributed by atoms with van der Waals surface area (Å²) in [5.41, 5.74) is 0. The summed E-state index contributed by atoms with van der Waals surface area (Å²) in [6, 6.07) is 0.571. The summed E-state index contributed by atoms with van der Waals surface area (Å²) in [4.78, 5) is 9.44. The van der Waals surface area contributed by atoms with Crippen molar-refractivity contribution in [3.8, 4) is 0 Å². The second kappa shape index (κ2) is 10.7. The van der Waals surface area contributed by atoms with Gasteiger partial charge in [0.1, 0.15) is 0 Å². The van der Waals surface area contributed by atoms with E-state index in [2.05, 4.69) is 34.0 Å². The van der Waals surface area contributed by atoms with Crippen molar-refractivity contribution in [2.45, 2.75) is 39.2 Å². The quantitative estimate of drug-likeness (QED) is 0.406. The topological polar surface area (TPSA) is 40.1 Å². The molecule has 5 nitrogen and oxygen atoms in total. The summed E-state index contributed by atoms with van der Waals surface area (Å²) >= 11 is 0. The second-order valence-corrected chi connectivity index (χ2v) is 7.05. The molecule has 0 radical (unpaired) electrons. The van der Waals surface area contributed by atoms with Gasteiger partial charge in [-0.3, -0.25) is 9.89 Å². The first kappa shape index (κ1) is 21.0. The van der Waals surface area contributed by atoms with Crippen molar-refractivity contribution in [2.24, 2.45) is 16.8 Å². The average Bonchev–Trinajstić information content (AvgIpc) is 2.97. The molecule has 2 fully saturated rings. The van der Waals surface area contributed by atoms with E-state index >= 15 is 0 Å². The van der Waals surface area contributed by atoms with Crippen molar-refractivity contribution in [1.29, 1.82) is 0 Å². The average molecular weight is 438 g/mol. The number of hydrogen-bond donors (Lipinski definition) is 1. The van der Waals surface area contributed by atoms with E-state index in [1.807, 2.05) is 7.05 Å². The van der Waals surface area contributed by atoms with Crippen LogP contribution in [0.1, 0.15) is 33.1 Å². The van der Waals surface area contributed by atoms with Gasteiger partial charge in [-0.2, -0.15) is 0 Å². The van der Waals surface area contributed by atoms with E-state index in [0.29, 0.717) is 12.0 Å². The molecule has 2 saturated heterocycles. The molecular weight excluding hydrogens is 403 g/mol. The number of nitrogens with one attached hydrogen (secondary N) is 1. The normalized spacial score (nSPS) is 25.3. The summed E-state index contributed by atoms with van der Waals surface area (Å²) < 4.78 is 5.28. The largest absolute Gasteiger partial charge is 0.384 e. The van der Waals surface area contributed by atoms with Gasteiger partial charge in [0, 0.05) is 45.8 Å². The van der Waals surface area contributed by atoms with E-state index < -0.39 is 0 Å². The lowest BCUT2D eigenvalue weighted by molar-refractivity contribution is 0.147. The molecule has 0 saturated carbocycles. The van der Waals surface area contributed by atoms with E-state index in [1.54, 1.807) is 7.11 Å². The minimum Gasteiger partial charge on any atom is -0.384 e. The first-order valence-electron chi connectivity index (χ1n) is 8.82. The monoisotopic (exact) mass is 438 g/mol. The number of methoxy groups -OCH3 is 1. The number of rotatable bonds is 5. The Morgan fingerprint density at radius 3 is 2.57 bits per heavy atom. The molecule has 1 N–H and O–H groups in total. The van der Waals surface area contributed by atoms with Crippen LogP contribution in [0.5, 0.6) is 0 Å². The van der Waals surface area contributed by atoms with Crippen molar-refractivity contribution in [1.82, 2.24) is 15.1 Å². The minimum absolute atomic E-state index is 0. The van der Waals surface area contributed by atoms with E-state index in [-0.39, 0.29) is 24.0 Å². The number of nitrogens with zero attached hydrogens (tertiary/aromatic N) is 3. The summed E-state index contributed by atoms with van der Waals surface area (Å²) in [6.45, 7) is 11.2. The molecule has 0 bridgehead atoms. The molecule has 2 rings (SSSR count). The van der Waals surface area contributed by atoms with Crippen molar-refractivity contribution < 1.29 is 4.74 Å². The highest BCUT2D eigenvalue weighted by molar-refractivity contribution is 14.0. The number of likely N-dealkylation sites (tertiary alicyclic amines) is 2. The standard InChI is InChI=1S/C17H34N4O.HI/c1-14-5-8-20(9-6-14)15(2)11-19-17(18-3)21-10-7-16(12-21)13-22-4;/h14-16H,5-13H2,1-4H3,(H,18,19);1H. The third-order valence-electron chi connectivity index (χ3n) is 5.20. The Morgan fingerprint density at radius 2 is 1.96 bits per heavy atom. The van der Waals surface area contributed by atoms with Gasteiger partial charge in [0.25, 0.3) is 0 Å². The first-order valence-corrected chi connectivity index (χ1v) is 8.82. The zero-order chi connectivity index (χ0) is 15.9. The SMILES string of the molecule is CN=C(NCC(C)N1CCC(C)CC1)N1CCC(COC)C1.I. The summed E-state index contributed by atoms with van der Waals surface area (Å²) in [6.07, 6.45) is 3.88. The highest BCUT2D eigenvalue weighted by Gasteiger charge is 2.25. The Balaban J connectivity index is 0.00000264. The van der Waals surface area contributed by atoms with Crippen LogP contribution in [-0.2, 0) is 4.74 Å². The van der Waals surface area contributed by atoms with Crippen molar-refractivity contribution in [2.75, 3.05) is 53.5 Å². The third kappa shape index (κ3) is 6.38. The molecule has 2 aliphatic heterocycles.